The van der Waals surface area contributed by atoms with Crippen molar-refractivity contribution in [1.82, 2.24) is 10.6 Å². The van der Waals surface area contributed by atoms with Gasteiger partial charge in [-0.2, -0.15) is 0 Å². The molecule has 0 bridgehead atoms. The van der Waals surface area contributed by atoms with Crippen LogP contribution in [-0.4, -0.2) is 24.9 Å². The Labute approximate surface area is 114 Å². The van der Waals surface area contributed by atoms with Crippen LogP contribution in [0.1, 0.15) is 23.7 Å². The minimum atomic E-state index is -0.280. The van der Waals surface area contributed by atoms with Crippen LogP contribution in [0.25, 0.3) is 0 Å². The minimum Gasteiger partial charge on any atom is -0.398 e. The Kier molecular flexibility index (Phi) is 5.64. The van der Waals surface area contributed by atoms with Gasteiger partial charge in [-0.15, -0.1) is 0 Å². The molecule has 6 heteroatoms. The first-order valence-corrected chi connectivity index (χ1v) is 6.43. The number of rotatable bonds is 5. The Morgan fingerprint density at radius 1 is 1.33 bits per heavy atom. The molecule has 0 unspecified atom stereocenters. The highest BCUT2D eigenvalue weighted by Crippen LogP contribution is 2.18. The molecule has 18 heavy (non-hydrogen) atoms. The van der Waals surface area contributed by atoms with Crippen LogP contribution in [0.2, 0.25) is 0 Å². The summed E-state index contributed by atoms with van der Waals surface area (Å²) in [4.78, 5) is 23.0. The maximum Gasteiger partial charge on any atom is 0.253 e. The van der Waals surface area contributed by atoms with Crippen LogP contribution in [0.15, 0.2) is 22.7 Å². The SMILES string of the molecule is CCNC(=O)CCNC(=O)c1cc(Br)ccc1N. The standard InChI is InChI=1S/C12H16BrN3O2/c1-2-15-11(17)5-6-16-12(18)9-7-8(13)3-4-10(9)14/h3-4,7H,2,5-6,14H2,1H3,(H,15,17)(H,16,18). The normalized spacial score (nSPS) is 9.89. The number of amides is 2. The lowest BCUT2D eigenvalue weighted by atomic mass is 10.1. The molecule has 5 nitrogen and oxygen atoms in total. The zero-order valence-electron chi connectivity index (χ0n) is 10.1. The molecule has 0 atom stereocenters. The van der Waals surface area contributed by atoms with Gasteiger partial charge in [0.25, 0.3) is 5.91 Å². The maximum atomic E-state index is 11.8. The summed E-state index contributed by atoms with van der Waals surface area (Å²) in [6.07, 6.45) is 0.257. The van der Waals surface area contributed by atoms with Gasteiger partial charge < -0.3 is 16.4 Å². The smallest absolute Gasteiger partial charge is 0.253 e. The van der Waals surface area contributed by atoms with Gasteiger partial charge in [-0.25, -0.2) is 0 Å². The highest BCUT2D eigenvalue weighted by Gasteiger charge is 2.10. The number of benzene rings is 1. The molecule has 0 aliphatic carbocycles. The Bertz CT molecular complexity index is 449. The largest absolute Gasteiger partial charge is 0.398 e. The van der Waals surface area contributed by atoms with Gasteiger partial charge in [0.15, 0.2) is 0 Å². The van der Waals surface area contributed by atoms with Gasteiger partial charge in [0.05, 0.1) is 5.56 Å². The second kappa shape index (κ2) is 7.00. The molecule has 0 spiro atoms. The summed E-state index contributed by atoms with van der Waals surface area (Å²) in [6, 6.07) is 5.07. The van der Waals surface area contributed by atoms with E-state index >= 15 is 0 Å². The monoisotopic (exact) mass is 313 g/mol. The number of nitrogens with two attached hydrogens (primary N) is 1. The number of anilines is 1. The zero-order chi connectivity index (χ0) is 13.5. The fourth-order valence-electron chi connectivity index (χ4n) is 1.40. The molecular weight excluding hydrogens is 298 g/mol. The van der Waals surface area contributed by atoms with Crippen LogP contribution < -0.4 is 16.4 Å². The molecular formula is C12H16BrN3O2. The van der Waals surface area contributed by atoms with Crippen molar-refractivity contribution in [1.29, 1.82) is 0 Å². The number of hydrogen-bond acceptors (Lipinski definition) is 3. The fraction of sp³-hybridized carbons (Fsp3) is 0.333. The van der Waals surface area contributed by atoms with Crippen molar-refractivity contribution in [2.45, 2.75) is 13.3 Å². The van der Waals surface area contributed by atoms with Gasteiger partial charge in [-0.1, -0.05) is 15.9 Å². The molecule has 0 radical (unpaired) electrons. The summed E-state index contributed by atoms with van der Waals surface area (Å²) < 4.78 is 0.783. The second-order valence-corrected chi connectivity index (χ2v) is 4.61. The van der Waals surface area contributed by atoms with E-state index in [1.165, 1.54) is 0 Å². The summed E-state index contributed by atoms with van der Waals surface area (Å²) in [6.45, 7) is 2.72. The zero-order valence-corrected chi connectivity index (χ0v) is 11.7. The number of carbonyl (C=O) groups is 2. The van der Waals surface area contributed by atoms with Crippen molar-refractivity contribution in [3.8, 4) is 0 Å². The molecule has 0 saturated carbocycles. The van der Waals surface area contributed by atoms with Crippen molar-refractivity contribution < 1.29 is 9.59 Å². The van der Waals surface area contributed by atoms with Gasteiger partial charge in [-0.05, 0) is 25.1 Å². The predicted molar refractivity (Wildman–Crippen MR) is 74.2 cm³/mol. The third kappa shape index (κ3) is 4.37. The van der Waals surface area contributed by atoms with Gasteiger partial charge in [0, 0.05) is 29.7 Å². The van der Waals surface area contributed by atoms with Crippen LogP contribution in [0.4, 0.5) is 5.69 Å². The molecule has 0 fully saturated rings. The lowest BCUT2D eigenvalue weighted by molar-refractivity contribution is -0.120. The van der Waals surface area contributed by atoms with E-state index in [0.717, 1.165) is 4.47 Å². The molecule has 1 rings (SSSR count). The van der Waals surface area contributed by atoms with Gasteiger partial charge in [0.1, 0.15) is 0 Å². The summed E-state index contributed by atoms with van der Waals surface area (Å²) in [7, 11) is 0. The molecule has 1 aromatic carbocycles. The lowest BCUT2D eigenvalue weighted by Crippen LogP contribution is -2.30. The van der Waals surface area contributed by atoms with Crippen LogP contribution in [0.5, 0.6) is 0 Å². The third-order valence-corrected chi connectivity index (χ3v) is 2.76. The number of nitrogens with one attached hydrogen (secondary N) is 2. The summed E-state index contributed by atoms with van der Waals surface area (Å²) in [5, 5.41) is 5.31. The van der Waals surface area contributed by atoms with E-state index in [0.29, 0.717) is 17.8 Å². The first-order chi connectivity index (χ1) is 8.54. The number of carbonyl (C=O) groups excluding carboxylic acids is 2. The molecule has 4 N–H and O–H groups in total. The van der Waals surface area contributed by atoms with Crippen LogP contribution >= 0.6 is 15.9 Å². The lowest BCUT2D eigenvalue weighted by Gasteiger charge is -2.08. The molecule has 0 aliphatic rings. The van der Waals surface area contributed by atoms with Crippen molar-refractivity contribution in [3.63, 3.8) is 0 Å². The molecule has 0 aliphatic heterocycles. The van der Waals surface area contributed by atoms with E-state index in [-0.39, 0.29) is 24.8 Å². The number of hydrogen-bond donors (Lipinski definition) is 3. The van der Waals surface area contributed by atoms with E-state index < -0.39 is 0 Å². The Balaban J connectivity index is 2.50. The van der Waals surface area contributed by atoms with E-state index in [1.807, 2.05) is 6.92 Å². The minimum absolute atomic E-state index is 0.0833. The van der Waals surface area contributed by atoms with Crippen LogP contribution in [0.3, 0.4) is 0 Å². The average molecular weight is 314 g/mol. The quantitative estimate of drug-likeness (QED) is 0.716. The van der Waals surface area contributed by atoms with E-state index in [2.05, 4.69) is 26.6 Å². The third-order valence-electron chi connectivity index (χ3n) is 2.27. The van der Waals surface area contributed by atoms with Crippen LogP contribution in [-0.2, 0) is 4.79 Å². The Morgan fingerprint density at radius 3 is 2.72 bits per heavy atom. The Morgan fingerprint density at radius 2 is 2.06 bits per heavy atom. The second-order valence-electron chi connectivity index (χ2n) is 3.69. The highest BCUT2D eigenvalue weighted by molar-refractivity contribution is 9.10. The fourth-order valence-corrected chi connectivity index (χ4v) is 1.76. The predicted octanol–water partition coefficient (Wildman–Crippen LogP) is 1.29. The highest BCUT2D eigenvalue weighted by atomic mass is 79.9. The van der Waals surface area contributed by atoms with Gasteiger partial charge in [-0.3, -0.25) is 9.59 Å². The first kappa shape index (κ1) is 14.5. The van der Waals surface area contributed by atoms with E-state index in [1.54, 1.807) is 18.2 Å². The summed E-state index contributed by atoms with van der Waals surface area (Å²) >= 11 is 3.28. The van der Waals surface area contributed by atoms with Crippen molar-refractivity contribution in [2.24, 2.45) is 0 Å². The van der Waals surface area contributed by atoms with Gasteiger partial charge >= 0.3 is 0 Å². The number of halogens is 1. The van der Waals surface area contributed by atoms with Crippen molar-refractivity contribution >= 4 is 33.4 Å². The Hall–Kier alpha value is -1.56. The van der Waals surface area contributed by atoms with Crippen LogP contribution in [0, 0.1) is 0 Å². The summed E-state index contributed by atoms with van der Waals surface area (Å²) in [5.41, 5.74) is 6.52. The average Bonchev–Trinajstić information content (AvgIpc) is 2.32. The molecule has 0 aromatic heterocycles. The van der Waals surface area contributed by atoms with E-state index in [9.17, 15) is 9.59 Å². The molecule has 2 amide bonds. The van der Waals surface area contributed by atoms with E-state index in [4.69, 9.17) is 5.73 Å². The number of nitrogen functional groups attached to an aromatic ring is 1. The van der Waals surface area contributed by atoms with Gasteiger partial charge in [0.2, 0.25) is 5.91 Å². The summed E-state index contributed by atoms with van der Waals surface area (Å²) in [5.74, 6) is -0.363. The molecule has 0 saturated heterocycles. The molecule has 0 heterocycles. The first-order valence-electron chi connectivity index (χ1n) is 5.64. The molecule has 1 aromatic rings. The molecule has 98 valence electrons. The van der Waals surface area contributed by atoms with Crippen molar-refractivity contribution in [3.05, 3.63) is 28.2 Å². The maximum absolute atomic E-state index is 11.8. The topological polar surface area (TPSA) is 84.2 Å². The van der Waals surface area contributed by atoms with Crippen molar-refractivity contribution in [2.75, 3.05) is 18.8 Å².